The van der Waals surface area contributed by atoms with Gasteiger partial charge in [0, 0.05) is 13.0 Å². The zero-order valence-corrected chi connectivity index (χ0v) is 21.0. The number of ether oxygens (including phenoxy) is 1. The fourth-order valence-electron chi connectivity index (χ4n) is 3.36. The topological polar surface area (TPSA) is 155 Å². The number of nitrogens with zero attached hydrogens (tertiary/aromatic N) is 2. The van der Waals surface area contributed by atoms with Gasteiger partial charge in [-0.3, -0.25) is 14.4 Å². The third-order valence-electron chi connectivity index (χ3n) is 4.95. The van der Waals surface area contributed by atoms with Crippen LogP contribution in [-0.4, -0.2) is 53.4 Å². The number of benzene rings is 1. The van der Waals surface area contributed by atoms with E-state index in [1.807, 2.05) is 13.0 Å². The number of carbonyl (C=O) groups excluding carboxylic acids is 4. The first-order valence-corrected chi connectivity index (χ1v) is 11.8. The lowest BCUT2D eigenvalue weighted by molar-refractivity contribution is -0.142. The standard InChI is InChI=1S/C25H37N5O5/c1-5-6-10-16-28-22(32)21(18-11-8-7-9-12-18)30(17-15-26)23(33)19(13-14-20(27)31)29-24(34)35-25(2,3)4/h7-9,11-12,19,21H,5-6,10,13-14,16-17H2,1-4H3,(H2,27,31)(H,28,32)(H,29,34). The number of hydrogen-bond donors (Lipinski definition) is 3. The van der Waals surface area contributed by atoms with Crippen LogP contribution in [0.3, 0.4) is 0 Å². The van der Waals surface area contributed by atoms with Gasteiger partial charge < -0.3 is 26.0 Å². The molecule has 0 saturated carbocycles. The molecule has 2 atom stereocenters. The molecule has 10 heteroatoms. The Kier molecular flexibility index (Phi) is 12.3. The second-order valence-electron chi connectivity index (χ2n) is 9.14. The summed E-state index contributed by atoms with van der Waals surface area (Å²) in [6.45, 7) is 7.07. The number of carbonyl (C=O) groups is 4. The van der Waals surface area contributed by atoms with Gasteiger partial charge >= 0.3 is 6.09 Å². The van der Waals surface area contributed by atoms with Gasteiger partial charge in [0.25, 0.3) is 0 Å². The monoisotopic (exact) mass is 487 g/mol. The van der Waals surface area contributed by atoms with Crippen molar-refractivity contribution in [2.75, 3.05) is 13.1 Å². The zero-order valence-electron chi connectivity index (χ0n) is 21.0. The van der Waals surface area contributed by atoms with Crippen LogP contribution in [-0.2, 0) is 19.1 Å². The van der Waals surface area contributed by atoms with E-state index in [2.05, 4.69) is 10.6 Å². The Labute approximate surface area is 207 Å². The van der Waals surface area contributed by atoms with Crippen molar-refractivity contribution in [2.45, 2.75) is 77.5 Å². The van der Waals surface area contributed by atoms with Crippen molar-refractivity contribution in [1.82, 2.24) is 15.5 Å². The molecule has 0 radical (unpaired) electrons. The predicted octanol–water partition coefficient (Wildman–Crippen LogP) is 2.55. The molecule has 1 rings (SSSR count). The maximum atomic E-state index is 13.6. The molecule has 4 N–H and O–H groups in total. The Hall–Kier alpha value is -3.61. The minimum Gasteiger partial charge on any atom is -0.444 e. The molecule has 10 nitrogen and oxygen atoms in total. The van der Waals surface area contributed by atoms with E-state index in [-0.39, 0.29) is 12.8 Å². The Morgan fingerprint density at radius 2 is 1.80 bits per heavy atom. The summed E-state index contributed by atoms with van der Waals surface area (Å²) in [6.07, 6.45) is 1.52. The van der Waals surface area contributed by atoms with Crippen LogP contribution in [0.5, 0.6) is 0 Å². The number of amides is 4. The summed E-state index contributed by atoms with van der Waals surface area (Å²) >= 11 is 0. The summed E-state index contributed by atoms with van der Waals surface area (Å²) in [5, 5.41) is 14.8. The third kappa shape index (κ3) is 10.9. The van der Waals surface area contributed by atoms with Crippen molar-refractivity contribution in [1.29, 1.82) is 5.26 Å². The van der Waals surface area contributed by atoms with Gasteiger partial charge in [-0.25, -0.2) is 4.79 Å². The molecule has 1 aromatic carbocycles. The Balaban J connectivity index is 3.30. The van der Waals surface area contributed by atoms with Crippen LogP contribution in [0.15, 0.2) is 30.3 Å². The fraction of sp³-hybridized carbons (Fsp3) is 0.560. The lowest BCUT2D eigenvalue weighted by Crippen LogP contribution is -2.53. The van der Waals surface area contributed by atoms with E-state index in [4.69, 9.17) is 10.5 Å². The number of rotatable bonds is 13. The molecule has 0 bridgehead atoms. The van der Waals surface area contributed by atoms with Gasteiger partial charge in [0.1, 0.15) is 24.2 Å². The number of nitrogens with one attached hydrogen (secondary N) is 2. The van der Waals surface area contributed by atoms with Crippen LogP contribution < -0.4 is 16.4 Å². The predicted molar refractivity (Wildman–Crippen MR) is 131 cm³/mol. The van der Waals surface area contributed by atoms with E-state index in [1.54, 1.807) is 51.1 Å². The number of unbranched alkanes of at least 4 members (excludes halogenated alkanes) is 2. The molecule has 0 spiro atoms. The van der Waals surface area contributed by atoms with Crippen molar-refractivity contribution in [3.63, 3.8) is 0 Å². The van der Waals surface area contributed by atoms with Gasteiger partial charge in [-0.05, 0) is 39.2 Å². The first-order valence-electron chi connectivity index (χ1n) is 11.8. The van der Waals surface area contributed by atoms with Gasteiger partial charge in [-0.15, -0.1) is 0 Å². The molecule has 1 aromatic rings. The van der Waals surface area contributed by atoms with Crippen LogP contribution >= 0.6 is 0 Å². The van der Waals surface area contributed by atoms with E-state index in [1.165, 1.54) is 0 Å². The zero-order chi connectivity index (χ0) is 26.4. The molecule has 0 aliphatic carbocycles. The highest BCUT2D eigenvalue weighted by Gasteiger charge is 2.36. The summed E-state index contributed by atoms with van der Waals surface area (Å²) in [6, 6.07) is 8.19. The van der Waals surface area contributed by atoms with Crippen LogP contribution in [0.4, 0.5) is 4.79 Å². The minimum absolute atomic E-state index is 0.116. The summed E-state index contributed by atoms with van der Waals surface area (Å²) in [5.41, 5.74) is 4.95. The molecule has 4 amide bonds. The molecule has 0 aliphatic rings. The van der Waals surface area contributed by atoms with Crippen LogP contribution in [0.1, 0.15) is 71.4 Å². The summed E-state index contributed by atoms with van der Waals surface area (Å²) in [5.74, 6) is -1.80. The van der Waals surface area contributed by atoms with E-state index >= 15 is 0 Å². The van der Waals surface area contributed by atoms with E-state index in [0.29, 0.717) is 12.1 Å². The molecule has 0 aliphatic heterocycles. The largest absolute Gasteiger partial charge is 0.444 e. The average molecular weight is 488 g/mol. The minimum atomic E-state index is -1.23. The van der Waals surface area contributed by atoms with E-state index in [0.717, 1.165) is 24.2 Å². The van der Waals surface area contributed by atoms with Crippen LogP contribution in [0.2, 0.25) is 0 Å². The molecule has 192 valence electrons. The molecule has 35 heavy (non-hydrogen) atoms. The number of nitriles is 1. The highest BCUT2D eigenvalue weighted by molar-refractivity contribution is 5.92. The number of hydrogen-bond acceptors (Lipinski definition) is 6. The highest BCUT2D eigenvalue weighted by atomic mass is 16.6. The average Bonchev–Trinajstić information content (AvgIpc) is 2.78. The molecular formula is C25H37N5O5. The fourth-order valence-corrected chi connectivity index (χ4v) is 3.36. The quantitative estimate of drug-likeness (QED) is 0.287. The Morgan fingerprint density at radius 1 is 1.14 bits per heavy atom. The SMILES string of the molecule is CCCCCNC(=O)C(c1ccccc1)N(CC#N)C(=O)C(CCC(N)=O)NC(=O)OC(C)(C)C. The van der Waals surface area contributed by atoms with Crippen molar-refractivity contribution in [3.05, 3.63) is 35.9 Å². The number of alkyl carbamates (subject to hydrolysis) is 1. The molecule has 0 aromatic heterocycles. The van der Waals surface area contributed by atoms with Crippen molar-refractivity contribution >= 4 is 23.8 Å². The molecule has 0 fully saturated rings. The molecular weight excluding hydrogens is 450 g/mol. The maximum absolute atomic E-state index is 13.6. The number of primary amides is 1. The summed E-state index contributed by atoms with van der Waals surface area (Å²) < 4.78 is 5.25. The Morgan fingerprint density at radius 3 is 2.34 bits per heavy atom. The normalized spacial score (nSPS) is 12.5. The Bertz CT molecular complexity index is 892. The number of nitrogens with two attached hydrogens (primary N) is 1. The van der Waals surface area contributed by atoms with Gasteiger partial charge in [0.05, 0.1) is 6.07 Å². The lowest BCUT2D eigenvalue weighted by atomic mass is 10.0. The maximum Gasteiger partial charge on any atom is 0.408 e. The molecule has 2 unspecified atom stereocenters. The van der Waals surface area contributed by atoms with Gasteiger partial charge in [0.15, 0.2) is 0 Å². The van der Waals surface area contributed by atoms with Crippen molar-refractivity contribution in [2.24, 2.45) is 5.73 Å². The highest BCUT2D eigenvalue weighted by Crippen LogP contribution is 2.23. The van der Waals surface area contributed by atoms with E-state index in [9.17, 15) is 24.4 Å². The van der Waals surface area contributed by atoms with Crippen molar-refractivity contribution in [3.8, 4) is 6.07 Å². The summed E-state index contributed by atoms with van der Waals surface area (Å²) in [4.78, 5) is 51.8. The summed E-state index contributed by atoms with van der Waals surface area (Å²) in [7, 11) is 0. The van der Waals surface area contributed by atoms with Crippen LogP contribution in [0.25, 0.3) is 0 Å². The lowest BCUT2D eigenvalue weighted by Gasteiger charge is -2.33. The van der Waals surface area contributed by atoms with Gasteiger partial charge in [0.2, 0.25) is 17.7 Å². The third-order valence-corrected chi connectivity index (χ3v) is 4.95. The van der Waals surface area contributed by atoms with Gasteiger partial charge in [-0.1, -0.05) is 50.1 Å². The second kappa shape index (κ2) is 14.6. The van der Waals surface area contributed by atoms with Gasteiger partial charge in [-0.2, -0.15) is 5.26 Å². The molecule has 0 heterocycles. The first kappa shape index (κ1) is 29.4. The second-order valence-corrected chi connectivity index (χ2v) is 9.14. The van der Waals surface area contributed by atoms with Crippen molar-refractivity contribution < 1.29 is 23.9 Å². The van der Waals surface area contributed by atoms with Crippen LogP contribution in [0, 0.1) is 11.3 Å². The molecule has 0 saturated heterocycles. The first-order chi connectivity index (χ1) is 16.5. The smallest absolute Gasteiger partial charge is 0.408 e. The van der Waals surface area contributed by atoms with E-state index < -0.39 is 48.0 Å².